The van der Waals surface area contributed by atoms with Crippen LogP contribution in [-0.2, 0) is 4.79 Å². The Kier molecular flexibility index (Phi) is 4.80. The highest BCUT2D eigenvalue weighted by atomic mass is 16.5. The molecule has 4 heteroatoms. The number of piperidine rings is 1. The van der Waals surface area contributed by atoms with Crippen LogP contribution < -0.4 is 15.4 Å². The minimum absolute atomic E-state index is 0.0291. The average molecular weight is 262 g/mol. The van der Waals surface area contributed by atoms with Gasteiger partial charge in [0.05, 0.1) is 13.2 Å². The molecular formula is C15H22N2O2. The lowest BCUT2D eigenvalue weighted by Crippen LogP contribution is -2.39. The Morgan fingerprint density at radius 3 is 2.74 bits per heavy atom. The number of amides is 1. The molecule has 1 aliphatic heterocycles. The van der Waals surface area contributed by atoms with Gasteiger partial charge in [0.25, 0.3) is 0 Å². The van der Waals surface area contributed by atoms with Crippen LogP contribution in [0.15, 0.2) is 24.3 Å². The van der Waals surface area contributed by atoms with E-state index in [1.165, 1.54) is 0 Å². The summed E-state index contributed by atoms with van der Waals surface area (Å²) in [5, 5.41) is 6.37. The zero-order valence-electron chi connectivity index (χ0n) is 11.6. The van der Waals surface area contributed by atoms with Gasteiger partial charge >= 0.3 is 0 Å². The summed E-state index contributed by atoms with van der Waals surface area (Å²) in [4.78, 5) is 12.2. The van der Waals surface area contributed by atoms with Gasteiger partial charge in [-0.05, 0) is 38.9 Å². The molecule has 1 atom stereocenters. The van der Waals surface area contributed by atoms with Crippen molar-refractivity contribution in [2.24, 2.45) is 5.92 Å². The van der Waals surface area contributed by atoms with Crippen LogP contribution in [0.2, 0.25) is 0 Å². The number of carbonyl (C=O) groups is 1. The highest BCUT2D eigenvalue weighted by Crippen LogP contribution is 2.25. The molecule has 1 amide bonds. The first-order valence-corrected chi connectivity index (χ1v) is 6.86. The van der Waals surface area contributed by atoms with Gasteiger partial charge in [-0.15, -0.1) is 0 Å². The van der Waals surface area contributed by atoms with Crippen molar-refractivity contribution in [1.29, 1.82) is 0 Å². The van der Waals surface area contributed by atoms with E-state index < -0.39 is 0 Å². The fraction of sp³-hybridized carbons (Fsp3) is 0.533. The Bertz CT molecular complexity index is 428. The van der Waals surface area contributed by atoms with Gasteiger partial charge in [0.15, 0.2) is 0 Å². The number of rotatable bonds is 4. The first-order chi connectivity index (χ1) is 9.22. The summed E-state index contributed by atoms with van der Waals surface area (Å²) < 4.78 is 5.33. The summed E-state index contributed by atoms with van der Waals surface area (Å²) in [5.74, 6) is 1.11. The molecule has 1 fully saturated rings. The molecule has 1 saturated heterocycles. The average Bonchev–Trinajstić information content (AvgIpc) is 2.48. The molecule has 1 heterocycles. The lowest BCUT2D eigenvalue weighted by atomic mass is 9.96. The molecule has 2 rings (SSSR count). The lowest BCUT2D eigenvalue weighted by Gasteiger charge is -2.24. The molecule has 0 radical (unpaired) electrons. The molecule has 1 aromatic carbocycles. The minimum atomic E-state index is -0.0291. The van der Waals surface area contributed by atoms with Crippen LogP contribution in [0.4, 0.5) is 0 Å². The SMILES string of the molecule is COc1ccccc1[C@H](C)NC(=O)C1CCNCC1. The van der Waals surface area contributed by atoms with Crippen molar-refractivity contribution in [2.45, 2.75) is 25.8 Å². The van der Waals surface area contributed by atoms with Crippen LogP contribution in [0.5, 0.6) is 5.75 Å². The second kappa shape index (κ2) is 6.57. The highest BCUT2D eigenvalue weighted by molar-refractivity contribution is 5.79. The summed E-state index contributed by atoms with van der Waals surface area (Å²) in [7, 11) is 1.65. The summed E-state index contributed by atoms with van der Waals surface area (Å²) in [6, 6.07) is 7.78. The van der Waals surface area contributed by atoms with Gasteiger partial charge in [-0.25, -0.2) is 0 Å². The molecule has 0 aromatic heterocycles. The van der Waals surface area contributed by atoms with Gasteiger partial charge in [0, 0.05) is 11.5 Å². The number of benzene rings is 1. The Balaban J connectivity index is 1.99. The second-order valence-corrected chi connectivity index (χ2v) is 5.00. The third kappa shape index (κ3) is 3.47. The van der Waals surface area contributed by atoms with E-state index in [1.807, 2.05) is 31.2 Å². The van der Waals surface area contributed by atoms with E-state index >= 15 is 0 Å². The van der Waals surface area contributed by atoms with Crippen molar-refractivity contribution in [3.8, 4) is 5.75 Å². The normalized spacial score (nSPS) is 17.8. The van der Waals surface area contributed by atoms with E-state index in [9.17, 15) is 4.79 Å². The van der Waals surface area contributed by atoms with Crippen LogP contribution in [0.3, 0.4) is 0 Å². The summed E-state index contributed by atoms with van der Waals surface area (Å²) in [5.41, 5.74) is 1.02. The topological polar surface area (TPSA) is 50.4 Å². The molecule has 4 nitrogen and oxygen atoms in total. The summed E-state index contributed by atoms with van der Waals surface area (Å²) in [6.45, 7) is 3.86. The number of methoxy groups -OCH3 is 1. The number of ether oxygens (including phenoxy) is 1. The predicted octanol–water partition coefficient (Wildman–Crippen LogP) is 1.87. The molecule has 0 saturated carbocycles. The van der Waals surface area contributed by atoms with Crippen molar-refractivity contribution < 1.29 is 9.53 Å². The van der Waals surface area contributed by atoms with Crippen LogP contribution >= 0.6 is 0 Å². The van der Waals surface area contributed by atoms with E-state index in [4.69, 9.17) is 4.74 Å². The third-order valence-electron chi connectivity index (χ3n) is 3.67. The lowest BCUT2D eigenvalue weighted by molar-refractivity contribution is -0.126. The van der Waals surface area contributed by atoms with Gasteiger partial charge in [0.1, 0.15) is 5.75 Å². The standard InChI is InChI=1S/C15H22N2O2/c1-11(13-5-3-4-6-14(13)19-2)17-15(18)12-7-9-16-10-8-12/h3-6,11-12,16H,7-10H2,1-2H3,(H,17,18)/t11-/m0/s1. The third-order valence-corrected chi connectivity index (χ3v) is 3.67. The van der Waals surface area contributed by atoms with Crippen LogP contribution in [-0.4, -0.2) is 26.1 Å². The molecule has 0 unspecified atom stereocenters. The predicted molar refractivity (Wildman–Crippen MR) is 75.1 cm³/mol. The monoisotopic (exact) mass is 262 g/mol. The van der Waals surface area contributed by atoms with Crippen molar-refractivity contribution in [2.75, 3.05) is 20.2 Å². The van der Waals surface area contributed by atoms with Crippen molar-refractivity contribution in [3.63, 3.8) is 0 Å². The minimum Gasteiger partial charge on any atom is -0.496 e. The maximum absolute atomic E-state index is 12.2. The molecule has 104 valence electrons. The maximum atomic E-state index is 12.2. The molecule has 2 N–H and O–H groups in total. The van der Waals surface area contributed by atoms with Crippen molar-refractivity contribution >= 4 is 5.91 Å². The number of hydrogen-bond donors (Lipinski definition) is 2. The Morgan fingerprint density at radius 1 is 1.37 bits per heavy atom. The smallest absolute Gasteiger partial charge is 0.223 e. The van der Waals surface area contributed by atoms with E-state index in [0.717, 1.165) is 37.2 Å². The fourth-order valence-electron chi connectivity index (χ4n) is 2.52. The van der Waals surface area contributed by atoms with Gasteiger partial charge in [-0.2, -0.15) is 0 Å². The van der Waals surface area contributed by atoms with Gasteiger partial charge < -0.3 is 15.4 Å². The first-order valence-electron chi connectivity index (χ1n) is 6.86. The van der Waals surface area contributed by atoms with Gasteiger partial charge in [0.2, 0.25) is 5.91 Å². The molecule has 1 aliphatic rings. The quantitative estimate of drug-likeness (QED) is 0.871. The Morgan fingerprint density at radius 2 is 2.05 bits per heavy atom. The first kappa shape index (κ1) is 13.9. The van der Waals surface area contributed by atoms with Gasteiger partial charge in [-0.3, -0.25) is 4.79 Å². The maximum Gasteiger partial charge on any atom is 0.223 e. The molecule has 0 bridgehead atoms. The molecular weight excluding hydrogens is 240 g/mol. The second-order valence-electron chi connectivity index (χ2n) is 5.00. The molecule has 19 heavy (non-hydrogen) atoms. The van der Waals surface area contributed by atoms with Crippen LogP contribution in [0, 0.1) is 5.92 Å². The summed E-state index contributed by atoms with van der Waals surface area (Å²) in [6.07, 6.45) is 1.84. The number of para-hydroxylation sites is 1. The Labute approximate surface area is 114 Å². The summed E-state index contributed by atoms with van der Waals surface area (Å²) >= 11 is 0. The number of nitrogens with one attached hydrogen (secondary N) is 2. The number of hydrogen-bond acceptors (Lipinski definition) is 3. The van der Waals surface area contributed by atoms with Crippen molar-refractivity contribution in [1.82, 2.24) is 10.6 Å². The van der Waals surface area contributed by atoms with Gasteiger partial charge in [-0.1, -0.05) is 18.2 Å². The number of carbonyl (C=O) groups excluding carboxylic acids is 1. The van der Waals surface area contributed by atoms with E-state index in [2.05, 4.69) is 10.6 Å². The fourth-order valence-corrected chi connectivity index (χ4v) is 2.52. The van der Waals surface area contributed by atoms with E-state index in [1.54, 1.807) is 7.11 Å². The van der Waals surface area contributed by atoms with Crippen LogP contribution in [0.1, 0.15) is 31.4 Å². The Hall–Kier alpha value is -1.55. The van der Waals surface area contributed by atoms with Crippen molar-refractivity contribution in [3.05, 3.63) is 29.8 Å². The molecule has 1 aromatic rings. The molecule has 0 spiro atoms. The largest absolute Gasteiger partial charge is 0.496 e. The van der Waals surface area contributed by atoms with E-state index in [0.29, 0.717) is 0 Å². The highest BCUT2D eigenvalue weighted by Gasteiger charge is 2.23. The zero-order chi connectivity index (χ0) is 13.7. The van der Waals surface area contributed by atoms with Crippen LogP contribution in [0.25, 0.3) is 0 Å². The van der Waals surface area contributed by atoms with E-state index in [-0.39, 0.29) is 17.9 Å². The molecule has 0 aliphatic carbocycles. The zero-order valence-corrected chi connectivity index (χ0v) is 11.6.